The number of anilines is 1. The number of hydrogen-bond donors (Lipinski definition) is 0. The molecule has 4 heterocycles. The lowest BCUT2D eigenvalue weighted by molar-refractivity contribution is -0.0740. The largest absolute Gasteiger partial charge is 0.374 e. The molecule has 2 saturated heterocycles. The van der Waals surface area contributed by atoms with Crippen LogP contribution in [0.2, 0.25) is 0 Å². The first-order valence-electron chi connectivity index (χ1n) is 8.66. The van der Waals surface area contributed by atoms with Crippen molar-refractivity contribution in [3.8, 4) is 0 Å². The van der Waals surface area contributed by atoms with E-state index in [2.05, 4.69) is 20.0 Å². The highest BCUT2D eigenvalue weighted by Gasteiger charge is 2.45. The Morgan fingerprint density at radius 3 is 2.96 bits per heavy atom. The summed E-state index contributed by atoms with van der Waals surface area (Å²) in [6, 6.07) is 4.10. The van der Waals surface area contributed by atoms with E-state index in [0.29, 0.717) is 12.6 Å². The van der Waals surface area contributed by atoms with Crippen molar-refractivity contribution >= 4 is 5.95 Å². The van der Waals surface area contributed by atoms with Crippen molar-refractivity contribution in [2.75, 3.05) is 24.7 Å². The molecule has 4 rings (SSSR count). The molecule has 0 saturated carbocycles. The van der Waals surface area contributed by atoms with Gasteiger partial charge in [-0.2, -0.15) is 5.10 Å². The lowest BCUT2D eigenvalue weighted by atomic mass is 10.0. The molecule has 3 atom stereocenters. The second kappa shape index (κ2) is 7.27. The standard InChI is InChI=1S/C17H23N5O2/c1-5-14-16(24-11-1)15(13-22(14)17-18-6-2-7-19-17)23-12-4-10-21-9-3-8-20-21/h2-3,6-9,14-16H,1,4-5,10-13H2/t14-,15+,16+/m0/s1. The number of ether oxygens (including phenoxy) is 2. The van der Waals surface area contributed by atoms with Crippen molar-refractivity contribution in [3.63, 3.8) is 0 Å². The van der Waals surface area contributed by atoms with E-state index in [0.717, 1.165) is 44.9 Å². The van der Waals surface area contributed by atoms with Gasteiger partial charge in [0.2, 0.25) is 5.95 Å². The maximum atomic E-state index is 6.16. The van der Waals surface area contributed by atoms with Gasteiger partial charge in [0.05, 0.1) is 12.6 Å². The summed E-state index contributed by atoms with van der Waals surface area (Å²) in [5.41, 5.74) is 0. The molecular formula is C17H23N5O2. The van der Waals surface area contributed by atoms with E-state index in [4.69, 9.17) is 9.47 Å². The second-order valence-corrected chi connectivity index (χ2v) is 6.28. The fraction of sp³-hybridized carbons (Fsp3) is 0.588. The monoisotopic (exact) mass is 329 g/mol. The van der Waals surface area contributed by atoms with Gasteiger partial charge in [0.15, 0.2) is 0 Å². The van der Waals surface area contributed by atoms with Crippen LogP contribution in [0.5, 0.6) is 0 Å². The molecule has 0 amide bonds. The Balaban J connectivity index is 1.36. The first-order chi connectivity index (χ1) is 11.9. The van der Waals surface area contributed by atoms with Crippen LogP contribution in [0.1, 0.15) is 19.3 Å². The Hall–Kier alpha value is -1.99. The Morgan fingerprint density at radius 2 is 2.12 bits per heavy atom. The summed E-state index contributed by atoms with van der Waals surface area (Å²) in [7, 11) is 0. The lowest BCUT2D eigenvalue weighted by Crippen LogP contribution is -2.42. The molecule has 0 aliphatic carbocycles. The third-order valence-electron chi connectivity index (χ3n) is 4.71. The quantitative estimate of drug-likeness (QED) is 0.749. The summed E-state index contributed by atoms with van der Waals surface area (Å²) in [5.74, 6) is 0.778. The Morgan fingerprint density at radius 1 is 1.21 bits per heavy atom. The van der Waals surface area contributed by atoms with Crippen LogP contribution < -0.4 is 4.90 Å². The van der Waals surface area contributed by atoms with Gasteiger partial charge in [0, 0.05) is 44.5 Å². The Kier molecular flexibility index (Phi) is 4.71. The van der Waals surface area contributed by atoms with E-state index < -0.39 is 0 Å². The van der Waals surface area contributed by atoms with E-state index in [1.54, 1.807) is 18.6 Å². The molecule has 2 aliphatic heterocycles. The van der Waals surface area contributed by atoms with Gasteiger partial charge < -0.3 is 14.4 Å². The van der Waals surface area contributed by atoms with Crippen LogP contribution in [0.15, 0.2) is 36.9 Å². The Bertz CT molecular complexity index is 621. The van der Waals surface area contributed by atoms with Crippen molar-refractivity contribution in [2.45, 2.75) is 44.1 Å². The summed E-state index contributed by atoms with van der Waals surface area (Å²) < 4.78 is 14.1. The zero-order valence-corrected chi connectivity index (χ0v) is 13.7. The highest BCUT2D eigenvalue weighted by Crippen LogP contribution is 2.32. The maximum absolute atomic E-state index is 6.16. The lowest BCUT2D eigenvalue weighted by Gasteiger charge is -2.32. The summed E-state index contributed by atoms with van der Waals surface area (Å²) in [4.78, 5) is 11.1. The van der Waals surface area contributed by atoms with Crippen LogP contribution in [0.4, 0.5) is 5.95 Å². The average molecular weight is 329 g/mol. The number of hydrogen-bond acceptors (Lipinski definition) is 6. The minimum absolute atomic E-state index is 0.0803. The molecule has 2 aliphatic rings. The molecule has 2 fully saturated rings. The molecule has 24 heavy (non-hydrogen) atoms. The number of fused-ring (bicyclic) bond motifs is 1. The van der Waals surface area contributed by atoms with E-state index in [1.165, 1.54) is 0 Å². The molecule has 0 spiro atoms. The van der Waals surface area contributed by atoms with Gasteiger partial charge in [0.1, 0.15) is 12.2 Å². The molecular weight excluding hydrogens is 306 g/mol. The maximum Gasteiger partial charge on any atom is 0.225 e. The zero-order valence-electron chi connectivity index (χ0n) is 13.7. The highest BCUT2D eigenvalue weighted by atomic mass is 16.5. The molecule has 0 aromatic carbocycles. The summed E-state index contributed by atoms with van der Waals surface area (Å²) in [6.07, 6.45) is 10.7. The number of aromatic nitrogens is 4. The van der Waals surface area contributed by atoms with Crippen LogP contribution in [-0.4, -0.2) is 57.8 Å². The molecule has 2 aromatic rings. The third kappa shape index (κ3) is 3.27. The van der Waals surface area contributed by atoms with Gasteiger partial charge in [-0.3, -0.25) is 4.68 Å². The predicted molar refractivity (Wildman–Crippen MR) is 88.7 cm³/mol. The van der Waals surface area contributed by atoms with Gasteiger partial charge in [-0.25, -0.2) is 9.97 Å². The van der Waals surface area contributed by atoms with Crippen LogP contribution in [0, 0.1) is 0 Å². The van der Waals surface area contributed by atoms with Gasteiger partial charge in [-0.1, -0.05) is 0 Å². The van der Waals surface area contributed by atoms with Crippen molar-refractivity contribution in [3.05, 3.63) is 36.9 Å². The number of nitrogens with zero attached hydrogens (tertiary/aromatic N) is 5. The van der Waals surface area contributed by atoms with E-state index in [1.807, 2.05) is 23.0 Å². The Labute approximate surface area is 141 Å². The molecule has 128 valence electrons. The summed E-state index contributed by atoms with van der Waals surface area (Å²) >= 11 is 0. The summed E-state index contributed by atoms with van der Waals surface area (Å²) in [5, 5.41) is 4.21. The van der Waals surface area contributed by atoms with Gasteiger partial charge in [-0.05, 0) is 31.4 Å². The minimum Gasteiger partial charge on any atom is -0.374 e. The number of rotatable bonds is 6. The molecule has 0 radical (unpaired) electrons. The van der Waals surface area contributed by atoms with Gasteiger partial charge >= 0.3 is 0 Å². The molecule has 7 heteroatoms. The van der Waals surface area contributed by atoms with E-state index in [-0.39, 0.29) is 12.2 Å². The number of aryl methyl sites for hydroxylation is 1. The topological polar surface area (TPSA) is 65.3 Å². The van der Waals surface area contributed by atoms with Crippen molar-refractivity contribution in [2.24, 2.45) is 0 Å². The first kappa shape index (κ1) is 15.5. The van der Waals surface area contributed by atoms with Crippen LogP contribution in [0.3, 0.4) is 0 Å². The average Bonchev–Trinajstić information content (AvgIpc) is 3.28. The second-order valence-electron chi connectivity index (χ2n) is 6.28. The SMILES string of the molecule is c1cnc(N2C[C@@H](OCCCn3cccn3)[C@@H]3OCCC[C@@H]32)nc1. The molecule has 0 N–H and O–H groups in total. The van der Waals surface area contributed by atoms with Crippen LogP contribution >= 0.6 is 0 Å². The molecule has 7 nitrogen and oxygen atoms in total. The highest BCUT2D eigenvalue weighted by molar-refractivity contribution is 5.35. The van der Waals surface area contributed by atoms with E-state index >= 15 is 0 Å². The van der Waals surface area contributed by atoms with Crippen LogP contribution in [0.25, 0.3) is 0 Å². The third-order valence-corrected chi connectivity index (χ3v) is 4.71. The first-order valence-corrected chi connectivity index (χ1v) is 8.66. The van der Waals surface area contributed by atoms with Crippen molar-refractivity contribution in [1.29, 1.82) is 0 Å². The normalized spacial score (nSPS) is 26.5. The summed E-state index contributed by atoms with van der Waals surface area (Å²) in [6.45, 7) is 3.19. The molecule has 2 aromatic heterocycles. The zero-order chi connectivity index (χ0) is 16.2. The molecule has 0 unspecified atom stereocenters. The molecule has 0 bridgehead atoms. The fourth-order valence-corrected chi connectivity index (χ4v) is 3.62. The minimum atomic E-state index is 0.0803. The van der Waals surface area contributed by atoms with Crippen LogP contribution in [-0.2, 0) is 16.0 Å². The van der Waals surface area contributed by atoms with Gasteiger partial charge in [0.25, 0.3) is 0 Å². The smallest absolute Gasteiger partial charge is 0.225 e. The van der Waals surface area contributed by atoms with Gasteiger partial charge in [-0.15, -0.1) is 0 Å². The predicted octanol–water partition coefficient (Wildman–Crippen LogP) is 1.52. The van der Waals surface area contributed by atoms with E-state index in [9.17, 15) is 0 Å². The fourth-order valence-electron chi connectivity index (χ4n) is 3.62. The van der Waals surface area contributed by atoms with Crippen molar-refractivity contribution < 1.29 is 9.47 Å². The van der Waals surface area contributed by atoms with Crippen molar-refractivity contribution in [1.82, 2.24) is 19.7 Å².